The van der Waals surface area contributed by atoms with Gasteiger partial charge in [-0.05, 0) is 57.4 Å². The Balaban J connectivity index is 1.70. The normalized spacial score (nSPS) is 20.7. The smallest absolute Gasteiger partial charge is 0.306 e. The number of amides is 1. The highest BCUT2D eigenvalue weighted by Gasteiger charge is 2.34. The number of anilines is 1. The molecule has 3 rings (SSSR count). The van der Waals surface area contributed by atoms with Gasteiger partial charge in [0.25, 0.3) is 12.1 Å². The topological polar surface area (TPSA) is 71.5 Å². The van der Waals surface area contributed by atoms with E-state index in [4.69, 9.17) is 9.26 Å². The van der Waals surface area contributed by atoms with E-state index in [9.17, 15) is 4.79 Å². The Labute approximate surface area is 141 Å². The van der Waals surface area contributed by atoms with E-state index in [1.807, 2.05) is 0 Å². The summed E-state index contributed by atoms with van der Waals surface area (Å²) in [7, 11) is 1.59. The van der Waals surface area contributed by atoms with Crippen molar-refractivity contribution in [3.8, 4) is 5.75 Å². The fourth-order valence-electron chi connectivity index (χ4n) is 3.14. The summed E-state index contributed by atoms with van der Waals surface area (Å²) in [4.78, 5) is 14.0. The van der Waals surface area contributed by atoms with Crippen molar-refractivity contribution in [2.75, 3.05) is 17.4 Å². The molecule has 1 amide bonds. The van der Waals surface area contributed by atoms with Crippen molar-refractivity contribution in [3.63, 3.8) is 0 Å². The van der Waals surface area contributed by atoms with Crippen molar-refractivity contribution in [2.45, 2.75) is 45.2 Å². The van der Waals surface area contributed by atoms with Crippen molar-refractivity contribution in [3.05, 3.63) is 36.0 Å². The fourth-order valence-corrected chi connectivity index (χ4v) is 3.14. The number of carbonyl (C=O) groups excluding carboxylic acids is 1. The Kier molecular flexibility index (Phi) is 4.69. The van der Waals surface area contributed by atoms with E-state index in [1.165, 1.54) is 6.42 Å². The summed E-state index contributed by atoms with van der Waals surface area (Å²) in [5.74, 6) is 0.776. The van der Waals surface area contributed by atoms with Crippen LogP contribution in [0.3, 0.4) is 0 Å². The van der Waals surface area contributed by atoms with E-state index in [0.29, 0.717) is 29.3 Å². The third-order valence-corrected chi connectivity index (χ3v) is 4.43. The van der Waals surface area contributed by atoms with Crippen molar-refractivity contribution in [1.82, 2.24) is 5.27 Å². The Hall–Kier alpha value is -2.57. The second-order valence-electron chi connectivity index (χ2n) is 6.18. The molecule has 2 heterocycles. The van der Waals surface area contributed by atoms with Gasteiger partial charge in [-0.3, -0.25) is 14.6 Å². The minimum Gasteiger partial charge on any atom is -0.497 e. The molecule has 2 aromatic rings. The van der Waals surface area contributed by atoms with Gasteiger partial charge >= 0.3 is 5.88 Å². The highest BCUT2D eigenvalue weighted by atomic mass is 16.5. The predicted octanol–water partition coefficient (Wildman–Crippen LogP) is 2.12. The lowest BCUT2D eigenvalue weighted by atomic mass is 10.00. The van der Waals surface area contributed by atoms with E-state index < -0.39 is 0 Å². The lowest BCUT2D eigenvalue weighted by Crippen LogP contribution is -2.67. The third kappa shape index (κ3) is 3.34. The van der Waals surface area contributed by atoms with Crippen LogP contribution in [0.2, 0.25) is 0 Å². The molecule has 128 valence electrons. The lowest BCUT2D eigenvalue weighted by molar-refractivity contribution is -0.765. The summed E-state index contributed by atoms with van der Waals surface area (Å²) in [6.45, 7) is 4.35. The van der Waals surface area contributed by atoms with Crippen molar-refractivity contribution in [1.29, 1.82) is 0 Å². The van der Waals surface area contributed by atoms with Crippen LogP contribution in [0.25, 0.3) is 0 Å². The van der Waals surface area contributed by atoms with Gasteiger partial charge in [-0.1, -0.05) is 0 Å². The SMILES string of the molecule is COc1ccc(C(=O)Nc2c[n+](N3C(C)CCCC3C)no2)cc1. The van der Waals surface area contributed by atoms with Crippen LogP contribution in [0, 0.1) is 0 Å². The third-order valence-electron chi connectivity index (χ3n) is 4.43. The van der Waals surface area contributed by atoms with E-state index >= 15 is 0 Å². The number of methoxy groups -OCH3 is 1. The Morgan fingerprint density at radius 1 is 1.29 bits per heavy atom. The van der Waals surface area contributed by atoms with Crippen LogP contribution in [0.5, 0.6) is 5.75 Å². The quantitative estimate of drug-likeness (QED) is 0.869. The predicted molar refractivity (Wildman–Crippen MR) is 88.6 cm³/mol. The van der Waals surface area contributed by atoms with Gasteiger partial charge in [-0.2, -0.15) is 0 Å². The maximum absolute atomic E-state index is 12.3. The molecule has 0 radical (unpaired) electrons. The molecule has 2 atom stereocenters. The molecule has 0 aliphatic carbocycles. The highest BCUT2D eigenvalue weighted by Crippen LogP contribution is 2.18. The molecular weight excluding hydrogens is 308 g/mol. The van der Waals surface area contributed by atoms with Crippen molar-refractivity contribution in [2.24, 2.45) is 0 Å². The zero-order chi connectivity index (χ0) is 17.1. The summed E-state index contributed by atoms with van der Waals surface area (Å²) >= 11 is 0. The van der Waals surface area contributed by atoms with Gasteiger partial charge in [0, 0.05) is 5.56 Å². The Morgan fingerprint density at radius 3 is 2.58 bits per heavy atom. The zero-order valence-electron chi connectivity index (χ0n) is 14.2. The van der Waals surface area contributed by atoms with Gasteiger partial charge in [0.2, 0.25) is 5.27 Å². The van der Waals surface area contributed by atoms with Crippen LogP contribution >= 0.6 is 0 Å². The molecule has 1 N–H and O–H groups in total. The molecule has 1 aromatic heterocycles. The first kappa shape index (κ1) is 16.3. The molecular formula is C17H23N4O3+. The summed E-state index contributed by atoms with van der Waals surface area (Å²) in [5, 5.41) is 8.95. The van der Waals surface area contributed by atoms with Crippen LogP contribution in [0.15, 0.2) is 35.0 Å². The summed E-state index contributed by atoms with van der Waals surface area (Å²) < 4.78 is 10.4. The van der Waals surface area contributed by atoms with Crippen molar-refractivity contribution < 1.29 is 18.8 Å². The Bertz CT molecular complexity index is 688. The maximum Gasteiger partial charge on any atom is 0.306 e. The van der Waals surface area contributed by atoms with Gasteiger partial charge in [-0.15, -0.1) is 5.01 Å². The van der Waals surface area contributed by atoms with Crippen LogP contribution in [-0.4, -0.2) is 30.4 Å². The molecule has 0 saturated carbocycles. The summed E-state index contributed by atoms with van der Waals surface area (Å²) in [5.41, 5.74) is 0.526. The number of benzene rings is 1. The number of carbonyl (C=O) groups is 1. The number of piperidine rings is 1. The number of aromatic nitrogens is 2. The van der Waals surface area contributed by atoms with E-state index in [0.717, 1.165) is 12.8 Å². The summed E-state index contributed by atoms with van der Waals surface area (Å²) in [6, 6.07) is 7.66. The lowest BCUT2D eigenvalue weighted by Gasteiger charge is -2.31. The second kappa shape index (κ2) is 6.90. The maximum atomic E-state index is 12.3. The number of hydrogen-bond acceptors (Lipinski definition) is 5. The minimum atomic E-state index is -0.249. The number of rotatable bonds is 4. The molecule has 24 heavy (non-hydrogen) atoms. The first-order chi connectivity index (χ1) is 11.6. The largest absolute Gasteiger partial charge is 0.497 e. The van der Waals surface area contributed by atoms with Gasteiger partial charge in [-0.25, -0.2) is 0 Å². The zero-order valence-corrected chi connectivity index (χ0v) is 14.2. The monoisotopic (exact) mass is 331 g/mol. The van der Waals surface area contributed by atoms with E-state index in [2.05, 4.69) is 29.4 Å². The molecule has 1 fully saturated rings. The first-order valence-electron chi connectivity index (χ1n) is 8.21. The van der Waals surface area contributed by atoms with Gasteiger partial charge in [0.1, 0.15) is 5.75 Å². The molecule has 7 nitrogen and oxygen atoms in total. The molecule has 0 bridgehead atoms. The van der Waals surface area contributed by atoms with E-state index in [1.54, 1.807) is 42.4 Å². The average Bonchev–Trinajstić information content (AvgIpc) is 3.03. The number of ether oxygens (including phenoxy) is 1. The highest BCUT2D eigenvalue weighted by molar-refractivity contribution is 6.03. The number of nitrogens with zero attached hydrogens (tertiary/aromatic N) is 3. The molecule has 7 heteroatoms. The van der Waals surface area contributed by atoms with Crippen LogP contribution in [0.1, 0.15) is 43.5 Å². The molecule has 1 aliphatic heterocycles. The standard InChI is InChI=1S/C17H22N4O3/c1-12-5-4-6-13(2)21(12)20-11-16(24-19-20)18-17(22)14-7-9-15(23-3)10-8-14/h7-13H,4-6H2,1-3H3/p+1. The number of nitrogens with one attached hydrogen (secondary N) is 1. The molecule has 1 aliphatic rings. The van der Waals surface area contributed by atoms with Crippen LogP contribution < -0.4 is 19.9 Å². The van der Waals surface area contributed by atoms with Gasteiger partial charge in [0.05, 0.1) is 24.0 Å². The van der Waals surface area contributed by atoms with Crippen LogP contribution in [0.4, 0.5) is 5.88 Å². The minimum absolute atomic E-state index is 0.249. The summed E-state index contributed by atoms with van der Waals surface area (Å²) in [6.07, 6.45) is 5.17. The molecule has 1 aromatic carbocycles. The first-order valence-corrected chi connectivity index (χ1v) is 8.21. The van der Waals surface area contributed by atoms with Gasteiger partial charge in [0.15, 0.2) is 0 Å². The molecule has 1 saturated heterocycles. The second-order valence-corrected chi connectivity index (χ2v) is 6.18. The molecule has 2 unspecified atom stereocenters. The fraction of sp³-hybridized carbons (Fsp3) is 0.471. The molecule has 0 spiro atoms. The van der Waals surface area contributed by atoms with E-state index in [-0.39, 0.29) is 5.91 Å². The van der Waals surface area contributed by atoms with Crippen LogP contribution in [-0.2, 0) is 0 Å². The Morgan fingerprint density at radius 2 is 1.96 bits per heavy atom. The average molecular weight is 331 g/mol. The van der Waals surface area contributed by atoms with Gasteiger partial charge < -0.3 is 4.74 Å². The van der Waals surface area contributed by atoms with Crippen molar-refractivity contribution >= 4 is 11.8 Å². The number of hydrogen-bond donors (Lipinski definition) is 1.